The number of ether oxygens (including phenoxy) is 1. The Labute approximate surface area is 95.3 Å². The van der Waals surface area contributed by atoms with Crippen LogP contribution in [0.25, 0.3) is 0 Å². The van der Waals surface area contributed by atoms with Crippen LogP contribution < -0.4 is 5.32 Å². The van der Waals surface area contributed by atoms with Gasteiger partial charge < -0.3 is 10.1 Å². The molecule has 1 aliphatic heterocycles. The van der Waals surface area contributed by atoms with Crippen LogP contribution in [0, 0.1) is 0 Å². The van der Waals surface area contributed by atoms with Gasteiger partial charge >= 0.3 is 5.97 Å². The topological polar surface area (TPSA) is 38.3 Å². The lowest BCUT2D eigenvalue weighted by Crippen LogP contribution is -2.39. The summed E-state index contributed by atoms with van der Waals surface area (Å²) in [5.74, 6) is 2.19. The second kappa shape index (κ2) is 5.75. The van der Waals surface area contributed by atoms with E-state index in [0.717, 1.165) is 30.9 Å². The summed E-state index contributed by atoms with van der Waals surface area (Å²) in [6, 6.07) is 0.331. The van der Waals surface area contributed by atoms with E-state index in [4.69, 9.17) is 4.74 Å². The van der Waals surface area contributed by atoms with Gasteiger partial charge in [0.25, 0.3) is 0 Å². The zero-order valence-electron chi connectivity index (χ0n) is 9.04. The Balaban J connectivity index is 1.66. The summed E-state index contributed by atoms with van der Waals surface area (Å²) in [6.45, 7) is 1.02. The normalized spacial score (nSPS) is 27.9. The molecule has 0 aromatic heterocycles. The summed E-state index contributed by atoms with van der Waals surface area (Å²) in [6.07, 6.45) is 5.33. The van der Waals surface area contributed by atoms with Crippen LogP contribution in [0.3, 0.4) is 0 Å². The van der Waals surface area contributed by atoms with E-state index in [0.29, 0.717) is 12.5 Å². The molecule has 1 heterocycles. The number of esters is 1. The molecule has 0 spiro atoms. The molecular weight excluding hydrogens is 210 g/mol. The van der Waals surface area contributed by atoms with E-state index in [-0.39, 0.29) is 12.1 Å². The molecule has 86 valence electrons. The van der Waals surface area contributed by atoms with E-state index in [9.17, 15) is 4.79 Å². The van der Waals surface area contributed by atoms with Crippen LogP contribution in [0.2, 0.25) is 0 Å². The van der Waals surface area contributed by atoms with Crippen molar-refractivity contribution in [2.45, 2.75) is 44.2 Å². The van der Waals surface area contributed by atoms with Gasteiger partial charge in [-0.3, -0.25) is 4.79 Å². The molecule has 4 heteroatoms. The Bertz CT molecular complexity index is 211. The quantitative estimate of drug-likeness (QED) is 0.746. The van der Waals surface area contributed by atoms with Crippen molar-refractivity contribution < 1.29 is 9.53 Å². The molecular formula is C11H19NO2S. The summed E-state index contributed by atoms with van der Waals surface area (Å²) in [5, 5.41) is 3.35. The molecule has 2 rings (SSSR count). The Morgan fingerprint density at radius 2 is 2.20 bits per heavy atom. The third-order valence-electron chi connectivity index (χ3n) is 3.01. The van der Waals surface area contributed by atoms with Crippen LogP contribution >= 0.6 is 11.8 Å². The number of carbonyl (C=O) groups is 1. The minimum Gasteiger partial charge on any atom is -0.462 e. The molecule has 2 aliphatic rings. The minimum absolute atomic E-state index is 0.0121. The van der Waals surface area contributed by atoms with Gasteiger partial charge in [0.05, 0.1) is 6.42 Å². The molecule has 2 fully saturated rings. The van der Waals surface area contributed by atoms with Crippen LogP contribution in [-0.4, -0.2) is 36.2 Å². The maximum Gasteiger partial charge on any atom is 0.307 e. The van der Waals surface area contributed by atoms with Gasteiger partial charge in [-0.15, -0.1) is 0 Å². The molecule has 1 N–H and O–H groups in total. The van der Waals surface area contributed by atoms with Crippen LogP contribution in [0.4, 0.5) is 0 Å². The smallest absolute Gasteiger partial charge is 0.307 e. The third kappa shape index (κ3) is 3.68. The summed E-state index contributed by atoms with van der Waals surface area (Å²) < 4.78 is 5.43. The monoisotopic (exact) mass is 229 g/mol. The largest absolute Gasteiger partial charge is 0.462 e. The van der Waals surface area contributed by atoms with Crippen molar-refractivity contribution in [3.63, 3.8) is 0 Å². The van der Waals surface area contributed by atoms with Crippen molar-refractivity contribution >= 4 is 17.7 Å². The van der Waals surface area contributed by atoms with Gasteiger partial charge in [0.15, 0.2) is 0 Å². The second-order valence-corrected chi connectivity index (χ2v) is 5.48. The zero-order chi connectivity index (χ0) is 10.5. The van der Waals surface area contributed by atoms with Gasteiger partial charge in [-0.25, -0.2) is 0 Å². The van der Waals surface area contributed by atoms with Gasteiger partial charge in [0, 0.05) is 24.1 Å². The van der Waals surface area contributed by atoms with E-state index in [1.54, 1.807) is 0 Å². The SMILES string of the molecule is O=C(CC1CSCCN1)OC1CCCC1. The first-order chi connectivity index (χ1) is 7.34. The fourth-order valence-electron chi connectivity index (χ4n) is 2.19. The number of hydrogen-bond acceptors (Lipinski definition) is 4. The average molecular weight is 229 g/mol. The van der Waals surface area contributed by atoms with Crippen LogP contribution in [0.15, 0.2) is 0 Å². The number of thioether (sulfide) groups is 1. The highest BCUT2D eigenvalue weighted by Crippen LogP contribution is 2.21. The molecule has 0 aromatic carbocycles. The number of nitrogens with one attached hydrogen (secondary N) is 1. The van der Waals surface area contributed by atoms with Gasteiger partial charge in [-0.05, 0) is 25.7 Å². The van der Waals surface area contributed by atoms with E-state index in [1.807, 2.05) is 11.8 Å². The van der Waals surface area contributed by atoms with Gasteiger partial charge in [0.1, 0.15) is 6.10 Å². The molecule has 0 radical (unpaired) electrons. The molecule has 0 amide bonds. The zero-order valence-corrected chi connectivity index (χ0v) is 9.85. The highest BCUT2D eigenvalue weighted by atomic mass is 32.2. The predicted molar refractivity (Wildman–Crippen MR) is 62.1 cm³/mol. The Kier molecular flexibility index (Phi) is 4.32. The molecule has 1 saturated carbocycles. The van der Waals surface area contributed by atoms with Crippen LogP contribution in [0.5, 0.6) is 0 Å². The lowest BCUT2D eigenvalue weighted by Gasteiger charge is -2.22. The highest BCUT2D eigenvalue weighted by Gasteiger charge is 2.22. The highest BCUT2D eigenvalue weighted by molar-refractivity contribution is 7.99. The molecule has 0 aromatic rings. The lowest BCUT2D eigenvalue weighted by atomic mass is 10.2. The van der Waals surface area contributed by atoms with Gasteiger partial charge in [-0.1, -0.05) is 0 Å². The van der Waals surface area contributed by atoms with Crippen molar-refractivity contribution in [3.05, 3.63) is 0 Å². The second-order valence-electron chi connectivity index (χ2n) is 4.33. The molecule has 1 saturated heterocycles. The van der Waals surface area contributed by atoms with Crippen molar-refractivity contribution in [2.24, 2.45) is 0 Å². The first-order valence-electron chi connectivity index (χ1n) is 5.85. The van der Waals surface area contributed by atoms with Crippen LogP contribution in [-0.2, 0) is 9.53 Å². The Morgan fingerprint density at radius 3 is 2.87 bits per heavy atom. The molecule has 3 nitrogen and oxygen atoms in total. The first kappa shape index (κ1) is 11.3. The Morgan fingerprint density at radius 1 is 1.40 bits per heavy atom. The van der Waals surface area contributed by atoms with E-state index < -0.39 is 0 Å². The third-order valence-corrected chi connectivity index (χ3v) is 4.14. The fraction of sp³-hybridized carbons (Fsp3) is 0.909. The molecule has 1 aliphatic carbocycles. The van der Waals surface area contributed by atoms with E-state index >= 15 is 0 Å². The maximum atomic E-state index is 11.6. The standard InChI is InChI=1S/C11H19NO2S/c13-11(14-10-3-1-2-4-10)7-9-8-15-6-5-12-9/h9-10,12H,1-8H2. The summed E-state index contributed by atoms with van der Waals surface area (Å²) >= 11 is 1.92. The van der Waals surface area contributed by atoms with E-state index in [1.165, 1.54) is 12.8 Å². The molecule has 0 bridgehead atoms. The van der Waals surface area contributed by atoms with Crippen LogP contribution in [0.1, 0.15) is 32.1 Å². The average Bonchev–Trinajstić information content (AvgIpc) is 2.71. The van der Waals surface area contributed by atoms with E-state index in [2.05, 4.69) is 5.32 Å². The van der Waals surface area contributed by atoms with Gasteiger partial charge in [0.2, 0.25) is 0 Å². The molecule has 15 heavy (non-hydrogen) atoms. The summed E-state index contributed by atoms with van der Waals surface area (Å²) in [4.78, 5) is 11.6. The number of carbonyl (C=O) groups excluding carboxylic acids is 1. The predicted octanol–water partition coefficient (Wildman–Crippen LogP) is 1.57. The lowest BCUT2D eigenvalue weighted by molar-refractivity contribution is -0.149. The number of hydrogen-bond donors (Lipinski definition) is 1. The summed E-state index contributed by atoms with van der Waals surface area (Å²) in [7, 11) is 0. The van der Waals surface area contributed by atoms with Crippen molar-refractivity contribution in [1.29, 1.82) is 0 Å². The minimum atomic E-state index is -0.0121. The van der Waals surface area contributed by atoms with Crippen molar-refractivity contribution in [1.82, 2.24) is 5.32 Å². The summed E-state index contributed by atoms with van der Waals surface area (Å²) in [5.41, 5.74) is 0. The first-order valence-corrected chi connectivity index (χ1v) is 7.00. The molecule has 1 unspecified atom stereocenters. The fourth-order valence-corrected chi connectivity index (χ4v) is 3.14. The van der Waals surface area contributed by atoms with Crippen molar-refractivity contribution in [2.75, 3.05) is 18.1 Å². The Hall–Kier alpha value is -0.220. The van der Waals surface area contributed by atoms with Crippen molar-refractivity contribution in [3.8, 4) is 0 Å². The molecule has 1 atom stereocenters. The number of rotatable bonds is 3. The maximum absolute atomic E-state index is 11.6. The van der Waals surface area contributed by atoms with Gasteiger partial charge in [-0.2, -0.15) is 11.8 Å².